The summed E-state index contributed by atoms with van der Waals surface area (Å²) in [6.07, 6.45) is -1.44. The van der Waals surface area contributed by atoms with E-state index in [0.29, 0.717) is 45.3 Å². The number of alkyl halides is 3. The topological polar surface area (TPSA) is 84.5 Å². The fraction of sp³-hybridized carbons (Fsp3) is 0.519. The van der Waals surface area contributed by atoms with Crippen LogP contribution in [0.5, 0.6) is 0 Å². The largest absolute Gasteiger partial charge is 0.460 e. The quantitative estimate of drug-likeness (QED) is 0.229. The Morgan fingerprint density at radius 2 is 1.55 bits per heavy atom. The number of halogens is 3. The first kappa shape index (κ1) is 29.9. The normalized spacial score (nSPS) is 15.8. The zero-order valence-corrected chi connectivity index (χ0v) is 21.2. The molecule has 0 radical (unpaired) electrons. The molecule has 1 aliphatic heterocycles. The predicted molar refractivity (Wildman–Crippen MR) is 133 cm³/mol. The molecule has 1 N–H and O–H groups in total. The molecule has 1 heterocycles. The van der Waals surface area contributed by atoms with Gasteiger partial charge in [0.15, 0.2) is 6.29 Å². The van der Waals surface area contributed by atoms with Gasteiger partial charge in [-0.05, 0) is 49.6 Å². The van der Waals surface area contributed by atoms with Gasteiger partial charge in [-0.3, -0.25) is 0 Å². The van der Waals surface area contributed by atoms with Crippen molar-refractivity contribution in [3.05, 3.63) is 59.7 Å². The highest BCUT2D eigenvalue weighted by Crippen LogP contribution is 2.32. The third kappa shape index (κ3) is 11.0. The summed E-state index contributed by atoms with van der Waals surface area (Å²) in [4.78, 5) is 12.5. The number of benzene rings is 2. The highest BCUT2D eigenvalue weighted by molar-refractivity contribution is 5.96. The van der Waals surface area contributed by atoms with Crippen molar-refractivity contribution in [2.75, 3.05) is 64.8 Å². The Hall–Kier alpha value is -2.70. The second-order valence-corrected chi connectivity index (χ2v) is 8.39. The van der Waals surface area contributed by atoms with Gasteiger partial charge in [-0.15, -0.1) is 0 Å². The van der Waals surface area contributed by atoms with E-state index in [4.69, 9.17) is 28.4 Å². The van der Waals surface area contributed by atoms with Gasteiger partial charge in [0.2, 0.25) is 0 Å². The Bertz CT molecular complexity index is 968. The summed E-state index contributed by atoms with van der Waals surface area (Å²) in [7, 11) is 0. The maximum Gasteiger partial charge on any atom is 0.416 e. The van der Waals surface area contributed by atoms with Crippen LogP contribution in [0.15, 0.2) is 48.5 Å². The first-order chi connectivity index (χ1) is 18.4. The van der Waals surface area contributed by atoms with Crippen LogP contribution in [0.3, 0.4) is 0 Å². The first-order valence-corrected chi connectivity index (χ1v) is 12.6. The summed E-state index contributed by atoms with van der Waals surface area (Å²) in [5, 5.41) is 2.86. The number of hydrogen-bond acceptors (Lipinski definition) is 8. The maximum absolute atomic E-state index is 13.0. The fourth-order valence-electron chi connectivity index (χ4n) is 3.59. The van der Waals surface area contributed by atoms with Crippen LogP contribution in [0.1, 0.15) is 35.2 Å². The van der Waals surface area contributed by atoms with E-state index in [9.17, 15) is 18.0 Å². The lowest BCUT2D eigenvalue weighted by Crippen LogP contribution is -2.24. The zero-order valence-electron chi connectivity index (χ0n) is 21.2. The number of carbonyl (C=O) groups excluding carboxylic acids is 1. The summed E-state index contributed by atoms with van der Waals surface area (Å²) in [5.41, 5.74) is -0.0467. The zero-order chi connectivity index (χ0) is 27.1. The van der Waals surface area contributed by atoms with Crippen molar-refractivity contribution in [2.24, 2.45) is 0 Å². The third-order valence-electron chi connectivity index (χ3n) is 5.49. The van der Waals surface area contributed by atoms with Gasteiger partial charge >= 0.3 is 12.1 Å². The lowest BCUT2D eigenvalue weighted by molar-refractivity contribution is -0.169. The number of esters is 1. The van der Waals surface area contributed by atoms with E-state index in [1.807, 2.05) is 0 Å². The smallest absolute Gasteiger partial charge is 0.416 e. The van der Waals surface area contributed by atoms with Gasteiger partial charge in [-0.1, -0.05) is 18.2 Å². The molecule has 210 valence electrons. The van der Waals surface area contributed by atoms with Gasteiger partial charge in [-0.2, -0.15) is 13.2 Å². The Morgan fingerprint density at radius 1 is 0.868 bits per heavy atom. The van der Waals surface area contributed by atoms with Gasteiger partial charge in [0.25, 0.3) is 0 Å². The summed E-state index contributed by atoms with van der Waals surface area (Å²) in [6.45, 7) is 3.47. The van der Waals surface area contributed by atoms with Crippen LogP contribution in [0, 0.1) is 0 Å². The van der Waals surface area contributed by atoms with E-state index in [-0.39, 0.29) is 30.8 Å². The van der Waals surface area contributed by atoms with Crippen LogP contribution in [0.25, 0.3) is 0 Å². The second kappa shape index (κ2) is 16.3. The number of nitrogens with one attached hydrogen (secondary N) is 1. The number of para-hydroxylation sites is 1. The molecule has 2 aromatic rings. The lowest BCUT2D eigenvalue weighted by Gasteiger charge is -2.22. The van der Waals surface area contributed by atoms with Crippen molar-refractivity contribution in [3.63, 3.8) is 0 Å². The van der Waals surface area contributed by atoms with E-state index < -0.39 is 17.7 Å². The standard InChI is InChI=1S/C27H34F3NO7/c28-27(29,30)21-6-5-7-22(20-21)31-24-9-2-1-8-23(24)26(32)38-19-17-35-15-13-33-12-14-34-16-18-37-25-10-3-4-11-36-25/h1-2,5-9,20,25,31H,3-4,10-19H2. The minimum atomic E-state index is -4.46. The van der Waals surface area contributed by atoms with Crippen LogP contribution in [0.2, 0.25) is 0 Å². The Morgan fingerprint density at radius 3 is 2.24 bits per heavy atom. The molecule has 0 amide bonds. The third-order valence-corrected chi connectivity index (χ3v) is 5.49. The summed E-state index contributed by atoms with van der Waals surface area (Å²) in [5.74, 6) is -0.615. The predicted octanol–water partition coefficient (Wildman–Crippen LogP) is 5.20. The number of hydrogen-bond donors (Lipinski definition) is 1. The molecular formula is C27H34F3NO7. The molecule has 0 aromatic heterocycles. The van der Waals surface area contributed by atoms with Crippen LogP contribution in [0.4, 0.5) is 24.5 Å². The SMILES string of the molecule is O=C(OCCOCCOCCOCCOC1CCCCO1)c1ccccc1Nc1cccc(C(F)(F)F)c1. The van der Waals surface area contributed by atoms with Crippen molar-refractivity contribution < 1.29 is 46.4 Å². The number of ether oxygens (including phenoxy) is 6. The van der Waals surface area contributed by atoms with Crippen LogP contribution in [-0.2, 0) is 34.6 Å². The first-order valence-electron chi connectivity index (χ1n) is 12.6. The molecular weight excluding hydrogens is 507 g/mol. The molecule has 0 saturated carbocycles. The Labute approximate surface area is 220 Å². The maximum atomic E-state index is 13.0. The fourth-order valence-corrected chi connectivity index (χ4v) is 3.59. The monoisotopic (exact) mass is 541 g/mol. The van der Waals surface area contributed by atoms with E-state index in [1.165, 1.54) is 18.2 Å². The Kier molecular flexibility index (Phi) is 12.8. The van der Waals surface area contributed by atoms with E-state index in [0.717, 1.165) is 38.0 Å². The van der Waals surface area contributed by atoms with Crippen LogP contribution in [-0.4, -0.2) is 71.7 Å². The molecule has 1 atom stereocenters. The molecule has 3 rings (SSSR count). The second-order valence-electron chi connectivity index (χ2n) is 8.39. The van der Waals surface area contributed by atoms with Crippen molar-refractivity contribution in [3.8, 4) is 0 Å². The van der Waals surface area contributed by atoms with Gasteiger partial charge in [0.1, 0.15) is 6.61 Å². The summed E-state index contributed by atoms with van der Waals surface area (Å²) >= 11 is 0. The van der Waals surface area contributed by atoms with Crippen LogP contribution < -0.4 is 5.32 Å². The molecule has 38 heavy (non-hydrogen) atoms. The molecule has 2 aromatic carbocycles. The molecule has 1 aliphatic rings. The molecule has 0 aliphatic carbocycles. The van der Waals surface area contributed by atoms with Gasteiger partial charge in [0, 0.05) is 12.3 Å². The number of carbonyl (C=O) groups is 1. The van der Waals surface area contributed by atoms with Crippen molar-refractivity contribution in [1.82, 2.24) is 0 Å². The molecule has 11 heteroatoms. The lowest BCUT2D eigenvalue weighted by atomic mass is 10.1. The molecule has 0 bridgehead atoms. The van der Waals surface area contributed by atoms with E-state index in [1.54, 1.807) is 18.2 Å². The highest BCUT2D eigenvalue weighted by atomic mass is 19.4. The molecule has 1 unspecified atom stereocenters. The van der Waals surface area contributed by atoms with Crippen molar-refractivity contribution >= 4 is 17.3 Å². The van der Waals surface area contributed by atoms with E-state index >= 15 is 0 Å². The highest BCUT2D eigenvalue weighted by Gasteiger charge is 2.30. The van der Waals surface area contributed by atoms with Crippen molar-refractivity contribution in [2.45, 2.75) is 31.7 Å². The van der Waals surface area contributed by atoms with E-state index in [2.05, 4.69) is 5.32 Å². The van der Waals surface area contributed by atoms with Gasteiger partial charge in [0.05, 0.1) is 63.1 Å². The number of anilines is 2. The minimum absolute atomic E-state index is 0.0184. The van der Waals surface area contributed by atoms with Gasteiger partial charge < -0.3 is 33.7 Å². The molecule has 1 saturated heterocycles. The minimum Gasteiger partial charge on any atom is -0.460 e. The summed E-state index contributed by atoms with van der Waals surface area (Å²) < 4.78 is 71.5. The van der Waals surface area contributed by atoms with Gasteiger partial charge in [-0.25, -0.2) is 4.79 Å². The average molecular weight is 542 g/mol. The molecule has 0 spiro atoms. The molecule has 8 nitrogen and oxygen atoms in total. The molecule has 1 fully saturated rings. The average Bonchev–Trinajstić information content (AvgIpc) is 2.92. The number of rotatable bonds is 16. The summed E-state index contributed by atoms with van der Waals surface area (Å²) in [6, 6.07) is 11.2. The Balaban J connectivity index is 1.24. The van der Waals surface area contributed by atoms with Crippen molar-refractivity contribution in [1.29, 1.82) is 0 Å². The van der Waals surface area contributed by atoms with Crippen LogP contribution >= 0.6 is 0 Å².